The molecule has 0 atom stereocenters. The van der Waals surface area contributed by atoms with E-state index in [1.807, 2.05) is 6.20 Å². The summed E-state index contributed by atoms with van der Waals surface area (Å²) in [6.45, 7) is 2.04. The number of aromatic nitrogens is 6. The van der Waals surface area contributed by atoms with Crippen molar-refractivity contribution in [2.45, 2.75) is 50.9 Å². The van der Waals surface area contributed by atoms with Gasteiger partial charge >= 0.3 is 0 Å². The van der Waals surface area contributed by atoms with Gasteiger partial charge in [-0.25, -0.2) is 15.0 Å². The minimum Gasteiger partial charge on any atom is -0.382 e. The summed E-state index contributed by atoms with van der Waals surface area (Å²) in [4.78, 5) is 17.6. The maximum atomic E-state index is 6.24. The van der Waals surface area contributed by atoms with Crippen molar-refractivity contribution in [3.05, 3.63) is 41.9 Å². The van der Waals surface area contributed by atoms with Crippen LogP contribution in [0.15, 0.2) is 30.6 Å². The van der Waals surface area contributed by atoms with Crippen molar-refractivity contribution < 1.29 is 0 Å². The van der Waals surface area contributed by atoms with E-state index in [0.717, 1.165) is 72.2 Å². The Labute approximate surface area is 219 Å². The molecule has 0 unspecified atom stereocenters. The molecule has 0 radical (unpaired) electrons. The third kappa shape index (κ3) is 5.18. The van der Waals surface area contributed by atoms with Crippen molar-refractivity contribution in [2.24, 2.45) is 11.8 Å². The van der Waals surface area contributed by atoms with E-state index >= 15 is 0 Å². The highest BCUT2D eigenvalue weighted by atomic mass is 79.9. The first-order valence-corrected chi connectivity index (χ1v) is 14.2. The average molecular weight is 550 g/mol. The number of anilines is 1. The summed E-state index contributed by atoms with van der Waals surface area (Å²) in [5.74, 6) is 3.33. The fourth-order valence-electron chi connectivity index (χ4n) is 4.90. The molecule has 9 heteroatoms. The number of halogens is 1. The Morgan fingerprint density at radius 3 is 2.50 bits per heavy atom. The second kappa shape index (κ2) is 10.3. The van der Waals surface area contributed by atoms with Crippen molar-refractivity contribution in [3.8, 4) is 22.8 Å². The molecule has 3 aliphatic rings. The maximum Gasteiger partial charge on any atom is 0.161 e. The maximum absolute atomic E-state index is 6.24. The quantitative estimate of drug-likeness (QED) is 0.245. The van der Waals surface area contributed by atoms with Crippen LogP contribution in [0.3, 0.4) is 0 Å². The summed E-state index contributed by atoms with van der Waals surface area (Å²) in [5, 5.41) is 12.2. The van der Waals surface area contributed by atoms with Crippen LogP contribution in [0, 0.1) is 11.8 Å². The Bertz CT molecular complexity index is 1330. The highest BCUT2D eigenvalue weighted by Crippen LogP contribution is 2.36. The first-order chi connectivity index (χ1) is 17.7. The van der Waals surface area contributed by atoms with E-state index in [0.29, 0.717) is 23.3 Å². The van der Waals surface area contributed by atoms with E-state index in [1.54, 1.807) is 6.20 Å². The molecule has 2 aliphatic carbocycles. The van der Waals surface area contributed by atoms with Crippen LogP contribution in [-0.2, 0) is 6.42 Å². The number of imidazole rings is 1. The molecular weight excluding hydrogens is 516 g/mol. The number of H-pyrrole nitrogens is 2. The molecule has 0 amide bonds. The normalized spacial score (nSPS) is 18.2. The van der Waals surface area contributed by atoms with Gasteiger partial charge in [-0.15, -0.1) is 0 Å². The van der Waals surface area contributed by atoms with Crippen LogP contribution in [0.1, 0.15) is 55.7 Å². The van der Waals surface area contributed by atoms with Crippen molar-refractivity contribution in [1.29, 1.82) is 0 Å². The van der Waals surface area contributed by atoms with Crippen LogP contribution in [0.4, 0.5) is 5.82 Å². The van der Waals surface area contributed by atoms with Gasteiger partial charge in [-0.1, -0.05) is 28.1 Å². The van der Waals surface area contributed by atoms with Crippen LogP contribution in [0.5, 0.6) is 0 Å². The molecule has 1 aliphatic heterocycles. The lowest BCUT2D eigenvalue weighted by Crippen LogP contribution is -2.27. The highest BCUT2D eigenvalue weighted by Gasteiger charge is 2.25. The number of nitrogens with zero attached hydrogens (tertiary/aromatic N) is 4. The van der Waals surface area contributed by atoms with Gasteiger partial charge in [0.15, 0.2) is 11.6 Å². The lowest BCUT2D eigenvalue weighted by Gasteiger charge is -2.22. The molecule has 3 fully saturated rings. The summed E-state index contributed by atoms with van der Waals surface area (Å²) < 4.78 is 0. The fourth-order valence-corrected chi connectivity index (χ4v) is 5.55. The van der Waals surface area contributed by atoms with E-state index in [-0.39, 0.29) is 0 Å². The summed E-state index contributed by atoms with van der Waals surface area (Å²) >= 11 is 3.38. The zero-order chi connectivity index (χ0) is 24.5. The van der Waals surface area contributed by atoms with Crippen molar-refractivity contribution in [3.63, 3.8) is 0 Å². The highest BCUT2D eigenvalue weighted by molar-refractivity contribution is 9.09. The standard InChI is InChI=1S/C23H26N8.C4H7Br/c24-22-21(23-29-17-3-1-2-15(20(17)30-23)10-13-4-5-13)28-18(12-26-22)16-11-27-31-19(16)14-6-8-25-9-7-14;5-3-4-1-2-4/h1-3,11-14,25H,4-10H2,(H2,24,26)(H,27,31)(H,29,30);4H,1-3H2. The molecule has 4 aromatic rings. The lowest BCUT2D eigenvalue weighted by molar-refractivity contribution is 0.453. The second-order valence-corrected chi connectivity index (χ2v) is 11.0. The number of nitrogens with one attached hydrogen (secondary N) is 3. The van der Waals surface area contributed by atoms with Crippen LogP contribution in [-0.4, -0.2) is 48.6 Å². The Balaban J connectivity index is 0.000000431. The molecule has 3 aromatic heterocycles. The SMILES string of the molecule is BrCC1CC1.Nc1ncc(-c2cn[nH]c2C2CCNCC2)nc1-c1nc2c(CC3CC3)cccc2[nH]1. The van der Waals surface area contributed by atoms with E-state index in [4.69, 9.17) is 15.7 Å². The largest absolute Gasteiger partial charge is 0.382 e. The van der Waals surface area contributed by atoms with E-state index < -0.39 is 0 Å². The number of hydrogen-bond acceptors (Lipinski definition) is 6. The van der Waals surface area contributed by atoms with Gasteiger partial charge in [-0.3, -0.25) is 5.10 Å². The fraction of sp³-hybridized carbons (Fsp3) is 0.481. The molecule has 7 rings (SSSR count). The number of piperidine rings is 1. The number of nitrogens with two attached hydrogens (primary N) is 1. The second-order valence-electron chi connectivity index (χ2n) is 10.4. The predicted molar refractivity (Wildman–Crippen MR) is 147 cm³/mol. The molecule has 188 valence electrons. The molecule has 36 heavy (non-hydrogen) atoms. The number of fused-ring (bicyclic) bond motifs is 1. The topological polar surface area (TPSA) is 121 Å². The predicted octanol–water partition coefficient (Wildman–Crippen LogP) is 5.20. The molecule has 0 spiro atoms. The smallest absolute Gasteiger partial charge is 0.161 e. The van der Waals surface area contributed by atoms with Gasteiger partial charge in [-0.05, 0) is 81.5 Å². The zero-order valence-corrected chi connectivity index (χ0v) is 22.0. The average Bonchev–Trinajstić information content (AvgIpc) is 3.83. The number of benzene rings is 1. The number of aromatic amines is 2. The first-order valence-electron chi connectivity index (χ1n) is 13.1. The Hall–Kier alpha value is -2.78. The van der Waals surface area contributed by atoms with Gasteiger partial charge in [0, 0.05) is 22.5 Å². The van der Waals surface area contributed by atoms with Gasteiger partial charge in [0.2, 0.25) is 0 Å². The van der Waals surface area contributed by atoms with E-state index in [9.17, 15) is 0 Å². The van der Waals surface area contributed by atoms with Crippen LogP contribution in [0.2, 0.25) is 0 Å². The lowest BCUT2D eigenvalue weighted by atomic mass is 9.91. The molecular formula is C27H33BrN8. The minimum atomic E-state index is 0.374. The monoisotopic (exact) mass is 548 g/mol. The number of nitrogen functional groups attached to an aromatic ring is 1. The van der Waals surface area contributed by atoms with Crippen LogP contribution < -0.4 is 11.1 Å². The van der Waals surface area contributed by atoms with Crippen LogP contribution in [0.25, 0.3) is 33.8 Å². The van der Waals surface area contributed by atoms with Gasteiger partial charge in [-0.2, -0.15) is 5.10 Å². The van der Waals surface area contributed by atoms with Crippen molar-refractivity contribution in [2.75, 3.05) is 24.2 Å². The van der Waals surface area contributed by atoms with Crippen LogP contribution >= 0.6 is 15.9 Å². The summed E-state index contributed by atoms with van der Waals surface area (Å²) in [6, 6.07) is 6.32. The van der Waals surface area contributed by atoms with E-state index in [1.165, 1.54) is 36.6 Å². The Morgan fingerprint density at radius 2 is 1.78 bits per heavy atom. The molecule has 1 saturated heterocycles. The first kappa shape index (κ1) is 23.6. The molecule has 4 heterocycles. The molecule has 2 saturated carbocycles. The number of rotatable bonds is 6. The third-order valence-electron chi connectivity index (χ3n) is 7.43. The van der Waals surface area contributed by atoms with Gasteiger partial charge in [0.25, 0.3) is 0 Å². The third-order valence-corrected chi connectivity index (χ3v) is 8.35. The summed E-state index contributed by atoms with van der Waals surface area (Å²) in [6.07, 6.45) is 12.4. The van der Waals surface area contributed by atoms with Crippen molar-refractivity contribution in [1.82, 2.24) is 35.5 Å². The molecule has 5 N–H and O–H groups in total. The van der Waals surface area contributed by atoms with Gasteiger partial charge in [0.1, 0.15) is 5.69 Å². The van der Waals surface area contributed by atoms with Gasteiger partial charge in [0.05, 0.1) is 29.1 Å². The molecule has 8 nitrogen and oxygen atoms in total. The van der Waals surface area contributed by atoms with Crippen molar-refractivity contribution >= 4 is 32.8 Å². The van der Waals surface area contributed by atoms with Gasteiger partial charge < -0.3 is 16.0 Å². The molecule has 1 aromatic carbocycles. The summed E-state index contributed by atoms with van der Waals surface area (Å²) in [7, 11) is 0. The minimum absolute atomic E-state index is 0.374. The number of para-hydroxylation sites is 1. The number of alkyl halides is 1. The Kier molecular flexibility index (Phi) is 6.75. The number of hydrogen-bond donors (Lipinski definition) is 4. The summed E-state index contributed by atoms with van der Waals surface area (Å²) in [5.41, 5.74) is 13.0. The molecule has 0 bridgehead atoms. The zero-order valence-electron chi connectivity index (χ0n) is 20.4. The Morgan fingerprint density at radius 1 is 0.972 bits per heavy atom. The van der Waals surface area contributed by atoms with E-state index in [2.05, 4.69) is 59.6 Å².